The molecule has 2 fully saturated rings. The molecule has 2 amide bonds. The first-order valence-corrected chi connectivity index (χ1v) is 8.28. The smallest absolute Gasteiger partial charge is 0.226 e. The fourth-order valence-corrected chi connectivity index (χ4v) is 3.61. The van der Waals surface area contributed by atoms with Gasteiger partial charge in [0.1, 0.15) is 5.75 Å². The van der Waals surface area contributed by atoms with E-state index in [0.717, 1.165) is 37.1 Å². The molecule has 1 aromatic rings. The lowest BCUT2D eigenvalue weighted by molar-refractivity contribution is -0.145. The van der Waals surface area contributed by atoms with Gasteiger partial charge in [0.05, 0.1) is 13.2 Å². The van der Waals surface area contributed by atoms with Crippen LogP contribution in [-0.2, 0) is 9.59 Å². The fraction of sp³-hybridized carbons (Fsp3) is 0.556. The minimum Gasteiger partial charge on any atom is -0.497 e. The molecule has 23 heavy (non-hydrogen) atoms. The maximum absolute atomic E-state index is 12.9. The number of ether oxygens (including phenoxy) is 1. The van der Waals surface area contributed by atoms with E-state index in [9.17, 15) is 9.59 Å². The van der Waals surface area contributed by atoms with Crippen molar-refractivity contribution in [3.05, 3.63) is 29.8 Å². The maximum Gasteiger partial charge on any atom is 0.226 e. The Morgan fingerprint density at radius 1 is 1.26 bits per heavy atom. The Balaban J connectivity index is 1.75. The lowest BCUT2D eigenvalue weighted by Gasteiger charge is -2.33. The van der Waals surface area contributed by atoms with E-state index in [4.69, 9.17) is 4.74 Å². The van der Waals surface area contributed by atoms with Crippen LogP contribution in [0.3, 0.4) is 0 Å². The van der Waals surface area contributed by atoms with Gasteiger partial charge in [-0.3, -0.25) is 9.59 Å². The van der Waals surface area contributed by atoms with Crippen molar-refractivity contribution in [3.63, 3.8) is 0 Å². The van der Waals surface area contributed by atoms with Gasteiger partial charge in [-0.1, -0.05) is 12.1 Å². The second kappa shape index (κ2) is 6.60. The van der Waals surface area contributed by atoms with Crippen molar-refractivity contribution in [2.24, 2.45) is 5.92 Å². The predicted octanol–water partition coefficient (Wildman–Crippen LogP) is 2.23. The van der Waals surface area contributed by atoms with E-state index < -0.39 is 0 Å². The predicted molar refractivity (Wildman–Crippen MR) is 87.0 cm³/mol. The van der Waals surface area contributed by atoms with Gasteiger partial charge in [0.15, 0.2) is 0 Å². The average Bonchev–Trinajstić information content (AvgIpc) is 3.06. The number of benzene rings is 1. The molecule has 5 nitrogen and oxygen atoms in total. The molecule has 0 aromatic heterocycles. The van der Waals surface area contributed by atoms with E-state index in [1.807, 2.05) is 23.1 Å². The number of carbonyl (C=O) groups excluding carboxylic acids is 2. The molecule has 0 saturated carbocycles. The second-order valence-corrected chi connectivity index (χ2v) is 6.47. The zero-order valence-electron chi connectivity index (χ0n) is 13.8. The van der Waals surface area contributed by atoms with Crippen LogP contribution in [0.5, 0.6) is 5.75 Å². The number of hydrogen-bond acceptors (Lipinski definition) is 3. The second-order valence-electron chi connectivity index (χ2n) is 6.47. The third-order valence-electron chi connectivity index (χ3n) is 5.02. The Hall–Kier alpha value is -2.04. The van der Waals surface area contributed by atoms with Gasteiger partial charge in [-0.2, -0.15) is 0 Å². The number of carbonyl (C=O) groups is 2. The molecule has 2 atom stereocenters. The zero-order chi connectivity index (χ0) is 16.4. The van der Waals surface area contributed by atoms with Crippen molar-refractivity contribution in [1.29, 1.82) is 0 Å². The summed E-state index contributed by atoms with van der Waals surface area (Å²) in [5, 5.41) is 0. The largest absolute Gasteiger partial charge is 0.497 e. The summed E-state index contributed by atoms with van der Waals surface area (Å²) in [5.41, 5.74) is 1.12. The highest BCUT2D eigenvalue weighted by molar-refractivity contribution is 5.87. The third-order valence-corrected chi connectivity index (χ3v) is 5.02. The standard InChI is InChI=1S/C18H24N2O3/c1-19-10-8-14(12-17(19)21)18(22)20-9-4-7-16(20)13-5-3-6-15(11-13)23-2/h3,5-6,11,14,16H,4,7-10,12H2,1-2H3/t14-,16+/m1/s1. The number of nitrogens with zero attached hydrogens (tertiary/aromatic N) is 2. The van der Waals surface area contributed by atoms with Gasteiger partial charge >= 0.3 is 0 Å². The molecular weight excluding hydrogens is 292 g/mol. The summed E-state index contributed by atoms with van der Waals surface area (Å²) >= 11 is 0. The van der Waals surface area contributed by atoms with Crippen molar-refractivity contribution in [2.45, 2.75) is 31.7 Å². The first-order chi connectivity index (χ1) is 11.1. The molecule has 0 unspecified atom stereocenters. The molecule has 2 saturated heterocycles. The van der Waals surface area contributed by atoms with Gasteiger partial charge in [0.2, 0.25) is 11.8 Å². The molecule has 0 bridgehead atoms. The summed E-state index contributed by atoms with van der Waals surface area (Å²) in [4.78, 5) is 28.5. The molecule has 0 N–H and O–H groups in total. The lowest BCUT2D eigenvalue weighted by Crippen LogP contribution is -2.43. The number of likely N-dealkylation sites (tertiary alicyclic amines) is 2. The first kappa shape index (κ1) is 15.8. The Labute approximate surface area is 137 Å². The molecule has 2 aliphatic rings. The van der Waals surface area contributed by atoms with Crippen LogP contribution in [0.15, 0.2) is 24.3 Å². The van der Waals surface area contributed by atoms with Crippen molar-refractivity contribution < 1.29 is 14.3 Å². The molecule has 0 aliphatic carbocycles. The number of rotatable bonds is 3. The minimum atomic E-state index is -0.162. The fourth-order valence-electron chi connectivity index (χ4n) is 3.61. The molecule has 124 valence electrons. The van der Waals surface area contributed by atoms with Crippen LogP contribution >= 0.6 is 0 Å². The van der Waals surface area contributed by atoms with Crippen LogP contribution in [0.2, 0.25) is 0 Å². The molecule has 0 radical (unpaired) electrons. The van der Waals surface area contributed by atoms with Gasteiger partial charge in [-0.15, -0.1) is 0 Å². The van der Waals surface area contributed by atoms with E-state index in [-0.39, 0.29) is 23.8 Å². The van der Waals surface area contributed by atoms with E-state index in [0.29, 0.717) is 13.0 Å². The Morgan fingerprint density at radius 2 is 2.09 bits per heavy atom. The van der Waals surface area contributed by atoms with Crippen LogP contribution in [0.1, 0.15) is 37.3 Å². The van der Waals surface area contributed by atoms with Crippen LogP contribution in [0, 0.1) is 5.92 Å². The average molecular weight is 316 g/mol. The monoisotopic (exact) mass is 316 g/mol. The van der Waals surface area contributed by atoms with E-state index >= 15 is 0 Å². The van der Waals surface area contributed by atoms with Gasteiger partial charge in [0.25, 0.3) is 0 Å². The SMILES string of the molecule is COc1cccc([C@@H]2CCCN2C(=O)[C@@H]2CCN(C)C(=O)C2)c1. The van der Waals surface area contributed by atoms with Crippen LogP contribution in [0.4, 0.5) is 0 Å². The Kier molecular flexibility index (Phi) is 4.55. The Morgan fingerprint density at radius 3 is 2.83 bits per heavy atom. The van der Waals surface area contributed by atoms with Gasteiger partial charge in [-0.05, 0) is 37.0 Å². The topological polar surface area (TPSA) is 49.9 Å². The summed E-state index contributed by atoms with van der Waals surface area (Å²) in [6.07, 6.45) is 3.09. The van der Waals surface area contributed by atoms with Crippen LogP contribution in [0.25, 0.3) is 0 Å². The van der Waals surface area contributed by atoms with Crippen molar-refractivity contribution in [1.82, 2.24) is 9.80 Å². The van der Waals surface area contributed by atoms with Crippen LogP contribution < -0.4 is 4.74 Å². The van der Waals surface area contributed by atoms with E-state index in [1.165, 1.54) is 0 Å². The summed E-state index contributed by atoms with van der Waals surface area (Å²) in [5.74, 6) is 0.865. The summed E-state index contributed by atoms with van der Waals surface area (Å²) in [7, 11) is 3.46. The number of hydrogen-bond donors (Lipinski definition) is 0. The molecule has 1 aromatic carbocycles. The third kappa shape index (κ3) is 3.19. The molecule has 2 aliphatic heterocycles. The van der Waals surface area contributed by atoms with Crippen molar-refractivity contribution >= 4 is 11.8 Å². The highest BCUT2D eigenvalue weighted by atomic mass is 16.5. The summed E-state index contributed by atoms with van der Waals surface area (Å²) in [6.45, 7) is 1.45. The quantitative estimate of drug-likeness (QED) is 0.859. The number of piperidine rings is 1. The lowest BCUT2D eigenvalue weighted by atomic mass is 9.94. The molecule has 2 heterocycles. The number of methoxy groups -OCH3 is 1. The van der Waals surface area contributed by atoms with Crippen molar-refractivity contribution in [3.8, 4) is 5.75 Å². The van der Waals surface area contributed by atoms with Gasteiger partial charge in [-0.25, -0.2) is 0 Å². The number of amides is 2. The van der Waals surface area contributed by atoms with Crippen LogP contribution in [-0.4, -0.2) is 48.9 Å². The highest BCUT2D eigenvalue weighted by Crippen LogP contribution is 2.35. The molecular formula is C18H24N2O3. The maximum atomic E-state index is 12.9. The van der Waals surface area contributed by atoms with Gasteiger partial charge < -0.3 is 14.5 Å². The minimum absolute atomic E-state index is 0.0757. The summed E-state index contributed by atoms with van der Waals surface area (Å²) < 4.78 is 5.30. The van der Waals surface area contributed by atoms with E-state index in [1.54, 1.807) is 19.1 Å². The summed E-state index contributed by atoms with van der Waals surface area (Å²) in [6, 6.07) is 8.05. The first-order valence-electron chi connectivity index (χ1n) is 8.28. The normalized spacial score (nSPS) is 24.9. The molecule has 3 rings (SSSR count). The van der Waals surface area contributed by atoms with E-state index in [2.05, 4.69) is 6.07 Å². The molecule has 0 spiro atoms. The molecule has 5 heteroatoms. The highest BCUT2D eigenvalue weighted by Gasteiger charge is 2.37. The van der Waals surface area contributed by atoms with Crippen molar-refractivity contribution in [2.75, 3.05) is 27.2 Å². The van der Waals surface area contributed by atoms with Gasteiger partial charge in [0, 0.05) is 32.5 Å². The Bertz CT molecular complexity index is 602. The zero-order valence-corrected chi connectivity index (χ0v) is 13.8.